The van der Waals surface area contributed by atoms with Gasteiger partial charge < -0.3 is 11.5 Å². The fourth-order valence-corrected chi connectivity index (χ4v) is 4.80. The van der Waals surface area contributed by atoms with Gasteiger partial charge in [-0.3, -0.25) is 0 Å². The number of hydrogen-bond acceptors (Lipinski definition) is 5. The van der Waals surface area contributed by atoms with Crippen molar-refractivity contribution in [2.24, 2.45) is 11.5 Å². The van der Waals surface area contributed by atoms with E-state index in [1.54, 1.807) is 7.11 Å². The maximum absolute atomic E-state index is 7.10. The first-order chi connectivity index (χ1) is 8.07. The summed E-state index contributed by atoms with van der Waals surface area (Å²) in [4.78, 5) is 0. The predicted molar refractivity (Wildman–Crippen MR) is 76.3 cm³/mol. The van der Waals surface area contributed by atoms with Crippen LogP contribution in [0.1, 0.15) is 20.8 Å². The molecule has 0 aliphatic heterocycles. The Morgan fingerprint density at radius 3 is 1.47 bits per heavy atom. The molecule has 0 aliphatic rings. The van der Waals surface area contributed by atoms with Gasteiger partial charge in [0.25, 0.3) is 0 Å². The van der Waals surface area contributed by atoms with Crippen LogP contribution in [0, 0.1) is 22.9 Å². The summed E-state index contributed by atoms with van der Waals surface area (Å²) in [5.74, 6) is 0. The van der Waals surface area contributed by atoms with Crippen LogP contribution in [0.2, 0.25) is 0 Å². The van der Waals surface area contributed by atoms with Crippen molar-refractivity contribution < 1.29 is 4.74 Å². The van der Waals surface area contributed by atoms with Gasteiger partial charge in [-0.15, -0.1) is 0 Å². The molecule has 102 valence electrons. The van der Waals surface area contributed by atoms with Gasteiger partial charge in [-0.25, -0.2) is 0 Å². The maximum Gasteiger partial charge on any atom is 0.173 e. The average Bonchev–Trinajstić information content (AvgIpc) is 2.34. The van der Waals surface area contributed by atoms with Gasteiger partial charge in [-0.05, 0) is 0 Å². The SMILES string of the molecule is CC[PH](CC)(CC)CCOC.N#CN.N#CN. The third-order valence-corrected chi connectivity index (χ3v) is 8.85. The minimum atomic E-state index is -0.863. The minimum absolute atomic E-state index is 0.863. The van der Waals surface area contributed by atoms with Gasteiger partial charge in [0, 0.05) is 0 Å². The van der Waals surface area contributed by atoms with Crippen LogP contribution >= 0.6 is 7.26 Å². The van der Waals surface area contributed by atoms with E-state index in [4.69, 9.17) is 15.3 Å². The number of hydrogen-bond donors (Lipinski definition) is 2. The van der Waals surface area contributed by atoms with Crippen molar-refractivity contribution in [1.82, 2.24) is 0 Å². The smallest absolute Gasteiger partial charge is 0.173 e. The van der Waals surface area contributed by atoms with E-state index >= 15 is 0 Å². The van der Waals surface area contributed by atoms with E-state index in [2.05, 4.69) is 32.2 Å². The van der Waals surface area contributed by atoms with Gasteiger partial charge in [0.1, 0.15) is 0 Å². The second-order valence-corrected chi connectivity index (χ2v) is 9.18. The van der Waals surface area contributed by atoms with Crippen LogP contribution in [0.15, 0.2) is 0 Å². The molecule has 0 heterocycles. The molecule has 17 heavy (non-hydrogen) atoms. The molecule has 0 aromatic heterocycles. The summed E-state index contributed by atoms with van der Waals surface area (Å²) >= 11 is 0. The molecule has 0 spiro atoms. The Bertz CT molecular complexity index is 198. The summed E-state index contributed by atoms with van der Waals surface area (Å²) in [6.07, 6.45) is 8.11. The first-order valence-electron chi connectivity index (χ1n) is 5.76. The number of nitriles is 2. The molecule has 5 nitrogen and oxygen atoms in total. The zero-order valence-electron chi connectivity index (χ0n) is 11.5. The summed E-state index contributed by atoms with van der Waals surface area (Å²) in [6.45, 7) is 8.00. The standard InChI is InChI=1S/C9H23OP.2CH2N2/c1-5-11(6-2,7-3)9-8-10-4;2*2-1-3/h11H,5-9H2,1-4H3;2*2H2. The van der Waals surface area contributed by atoms with E-state index in [1.165, 1.54) is 37.0 Å². The molecule has 0 fully saturated rings. The normalized spacial score (nSPS) is 9.53. The van der Waals surface area contributed by atoms with Crippen molar-refractivity contribution in [2.45, 2.75) is 20.8 Å². The van der Waals surface area contributed by atoms with Crippen LogP contribution < -0.4 is 11.5 Å². The van der Waals surface area contributed by atoms with E-state index in [0.29, 0.717) is 0 Å². The molecule has 0 radical (unpaired) electrons. The molecule has 0 rings (SSSR count). The van der Waals surface area contributed by atoms with E-state index in [-0.39, 0.29) is 0 Å². The van der Waals surface area contributed by atoms with Crippen LogP contribution in [-0.4, -0.2) is 38.4 Å². The minimum Gasteiger partial charge on any atom is -0.337 e. The summed E-state index contributed by atoms with van der Waals surface area (Å²) in [7, 11) is 0.942. The van der Waals surface area contributed by atoms with Crippen molar-refractivity contribution in [3.63, 3.8) is 0 Å². The number of methoxy groups -OCH3 is 1. The molecule has 0 saturated heterocycles. The Morgan fingerprint density at radius 1 is 1.00 bits per heavy atom. The fraction of sp³-hybridized carbons (Fsp3) is 0.818. The van der Waals surface area contributed by atoms with Crippen LogP contribution in [0.25, 0.3) is 0 Å². The molecule has 0 aromatic rings. The second kappa shape index (κ2) is 17.4. The number of nitrogens with zero attached hydrogens (tertiary/aromatic N) is 2. The number of nitrogens with two attached hydrogens (primary N) is 2. The third kappa shape index (κ3) is 15.0. The Balaban J connectivity index is -0.000000273. The Hall–Kier alpha value is -1.03. The monoisotopic (exact) mass is 262 g/mol. The molecule has 0 atom stereocenters. The van der Waals surface area contributed by atoms with E-state index in [0.717, 1.165) is 6.61 Å². The number of rotatable bonds is 6. The molecular weight excluding hydrogens is 235 g/mol. The van der Waals surface area contributed by atoms with Gasteiger partial charge in [-0.2, -0.15) is 10.5 Å². The van der Waals surface area contributed by atoms with Gasteiger partial charge >= 0.3 is 71.1 Å². The number of ether oxygens (including phenoxy) is 1. The van der Waals surface area contributed by atoms with Crippen LogP contribution in [-0.2, 0) is 4.74 Å². The van der Waals surface area contributed by atoms with Gasteiger partial charge in [0.2, 0.25) is 0 Å². The van der Waals surface area contributed by atoms with Crippen molar-refractivity contribution >= 4 is 7.26 Å². The first kappa shape index (κ1) is 21.3. The second-order valence-electron chi connectivity index (χ2n) is 3.56. The Labute approximate surface area is 106 Å². The third-order valence-electron chi connectivity index (χ3n) is 3.09. The Kier molecular flexibility index (Phi) is 21.7. The molecular formula is C11H27N4OP. The molecule has 0 bridgehead atoms. The largest absolute Gasteiger partial charge is 0.337 e. The van der Waals surface area contributed by atoms with E-state index in [9.17, 15) is 0 Å². The predicted octanol–water partition coefficient (Wildman–Crippen LogP) is 1.29. The molecule has 0 unspecified atom stereocenters. The summed E-state index contributed by atoms with van der Waals surface area (Å²) in [5, 5.41) is 14.2. The molecule has 4 N–H and O–H groups in total. The van der Waals surface area contributed by atoms with Gasteiger partial charge in [-0.1, -0.05) is 0 Å². The molecule has 0 amide bonds. The zero-order chi connectivity index (χ0) is 14.2. The summed E-state index contributed by atoms with van der Waals surface area (Å²) in [6, 6.07) is 0. The Morgan fingerprint density at radius 2 is 1.29 bits per heavy atom. The van der Waals surface area contributed by atoms with Gasteiger partial charge in [0.05, 0.1) is 0 Å². The van der Waals surface area contributed by atoms with Crippen LogP contribution in [0.4, 0.5) is 0 Å². The van der Waals surface area contributed by atoms with Crippen molar-refractivity contribution in [2.75, 3.05) is 38.4 Å². The van der Waals surface area contributed by atoms with Crippen molar-refractivity contribution in [1.29, 1.82) is 10.5 Å². The van der Waals surface area contributed by atoms with Gasteiger partial charge in [0.15, 0.2) is 12.4 Å². The first-order valence-corrected chi connectivity index (χ1v) is 8.59. The van der Waals surface area contributed by atoms with Crippen molar-refractivity contribution in [3.8, 4) is 12.4 Å². The quantitative estimate of drug-likeness (QED) is 0.426. The summed E-state index contributed by atoms with van der Waals surface area (Å²) in [5.41, 5.74) is 8.31. The van der Waals surface area contributed by atoms with Crippen LogP contribution in [0.5, 0.6) is 0 Å². The summed E-state index contributed by atoms with van der Waals surface area (Å²) < 4.78 is 5.14. The average molecular weight is 262 g/mol. The van der Waals surface area contributed by atoms with Crippen molar-refractivity contribution in [3.05, 3.63) is 0 Å². The zero-order valence-corrected chi connectivity index (χ0v) is 12.5. The molecule has 0 aliphatic carbocycles. The van der Waals surface area contributed by atoms with E-state index in [1.807, 2.05) is 0 Å². The molecule has 0 saturated carbocycles. The fourth-order valence-electron chi connectivity index (χ4n) is 1.60. The molecule has 0 aromatic carbocycles. The topological polar surface area (TPSA) is 109 Å². The molecule has 6 heteroatoms. The van der Waals surface area contributed by atoms with E-state index < -0.39 is 7.26 Å². The van der Waals surface area contributed by atoms with Crippen LogP contribution in [0.3, 0.4) is 0 Å². The maximum atomic E-state index is 7.10.